The van der Waals surface area contributed by atoms with Gasteiger partial charge in [-0.2, -0.15) is 5.06 Å². The van der Waals surface area contributed by atoms with Gasteiger partial charge in [0.15, 0.2) is 0 Å². The van der Waals surface area contributed by atoms with Crippen LogP contribution in [0.4, 0.5) is 0 Å². The van der Waals surface area contributed by atoms with Crippen LogP contribution in [0.3, 0.4) is 0 Å². The number of quaternary nitrogens is 2. The molecule has 1 saturated heterocycles. The third-order valence-corrected chi connectivity index (χ3v) is 7.10. The molecule has 0 saturated carbocycles. The monoisotopic (exact) mass is 343 g/mol. The first-order chi connectivity index (χ1) is 10.9. The average molecular weight is 344 g/mol. The van der Waals surface area contributed by atoms with Gasteiger partial charge in [0.1, 0.15) is 13.1 Å². The van der Waals surface area contributed by atoms with Crippen molar-refractivity contribution in [3.8, 4) is 0 Å². The number of hydrogen-bond acceptors (Lipinski definition) is 2. The summed E-state index contributed by atoms with van der Waals surface area (Å²) < 4.78 is 2.08. The van der Waals surface area contributed by atoms with Gasteiger partial charge in [0, 0.05) is 12.8 Å². The molecule has 0 atom stereocenters. The molecular weight excluding hydrogens is 298 g/mol. The molecule has 0 bridgehead atoms. The van der Waals surface area contributed by atoms with E-state index in [1.807, 2.05) is 0 Å². The Morgan fingerprint density at radius 3 is 1.46 bits per heavy atom. The highest BCUT2D eigenvalue weighted by Gasteiger charge is 2.55. The zero-order valence-corrected chi connectivity index (χ0v) is 18.0. The van der Waals surface area contributed by atoms with Crippen LogP contribution in [-0.4, -0.2) is 84.7 Å². The van der Waals surface area contributed by atoms with E-state index in [0.29, 0.717) is 6.04 Å². The standard InChI is InChI=1S/C20H45N3O/c1-10-19(11-2)16-18(17-20(12-3,13-4)21(19)24)23(8,9)15-14-22(5,6)7/h18,24H,10-17H2,1-9H3/q+2. The molecule has 1 aliphatic heterocycles. The molecule has 1 rings (SSSR count). The van der Waals surface area contributed by atoms with E-state index in [9.17, 15) is 5.21 Å². The van der Waals surface area contributed by atoms with E-state index in [0.717, 1.165) is 47.5 Å². The van der Waals surface area contributed by atoms with Gasteiger partial charge >= 0.3 is 0 Å². The molecule has 0 radical (unpaired) electrons. The second-order valence-corrected chi connectivity index (χ2v) is 9.75. The van der Waals surface area contributed by atoms with Gasteiger partial charge < -0.3 is 14.2 Å². The second kappa shape index (κ2) is 7.61. The number of nitrogens with zero attached hydrogens (tertiary/aromatic N) is 3. The Morgan fingerprint density at radius 1 is 0.792 bits per heavy atom. The zero-order chi connectivity index (χ0) is 18.8. The SMILES string of the molecule is CCC1(CC)CC([N+](C)(C)CC[N+](C)(C)C)CC(CC)(CC)N1O. The van der Waals surface area contributed by atoms with E-state index in [1.54, 1.807) is 5.06 Å². The van der Waals surface area contributed by atoms with Crippen LogP contribution >= 0.6 is 0 Å². The van der Waals surface area contributed by atoms with E-state index in [1.165, 1.54) is 13.1 Å². The van der Waals surface area contributed by atoms with Crippen molar-refractivity contribution in [2.24, 2.45) is 0 Å². The Bertz CT molecular complexity index is 370. The summed E-state index contributed by atoms with van der Waals surface area (Å²) in [4.78, 5) is 0. The van der Waals surface area contributed by atoms with Gasteiger partial charge in [-0.15, -0.1) is 0 Å². The van der Waals surface area contributed by atoms with Crippen LogP contribution in [0.15, 0.2) is 0 Å². The molecule has 0 aromatic heterocycles. The summed E-state index contributed by atoms with van der Waals surface area (Å²) in [6, 6.07) is 0.611. The third-order valence-electron chi connectivity index (χ3n) is 7.10. The number of likely N-dealkylation sites (N-methyl/N-ethyl adjacent to an activating group) is 2. The van der Waals surface area contributed by atoms with Gasteiger partial charge in [-0.3, -0.25) is 0 Å². The summed E-state index contributed by atoms with van der Waals surface area (Å²) >= 11 is 0. The van der Waals surface area contributed by atoms with Crippen molar-refractivity contribution < 1.29 is 14.2 Å². The first-order valence-corrected chi connectivity index (χ1v) is 10.0. The highest BCUT2D eigenvalue weighted by atomic mass is 16.5. The topological polar surface area (TPSA) is 23.5 Å². The maximum absolute atomic E-state index is 11.2. The minimum atomic E-state index is -0.0684. The quantitative estimate of drug-likeness (QED) is 0.679. The minimum Gasteiger partial charge on any atom is -0.326 e. The highest BCUT2D eigenvalue weighted by molar-refractivity contribution is 5.03. The molecule has 0 spiro atoms. The number of rotatable bonds is 8. The summed E-state index contributed by atoms with van der Waals surface area (Å²) in [6.07, 6.45) is 6.28. The number of piperidine rings is 1. The lowest BCUT2D eigenvalue weighted by atomic mass is 9.70. The van der Waals surface area contributed by atoms with Crippen molar-refractivity contribution in [2.45, 2.75) is 83.3 Å². The molecule has 4 heteroatoms. The lowest BCUT2D eigenvalue weighted by Gasteiger charge is -2.58. The number of hydrogen-bond donors (Lipinski definition) is 1. The molecule has 0 aliphatic carbocycles. The Labute approximate surface area is 151 Å². The summed E-state index contributed by atoms with van der Waals surface area (Å²) in [5, 5.41) is 13.0. The van der Waals surface area contributed by atoms with Crippen LogP contribution in [0.5, 0.6) is 0 Å². The molecule has 0 aromatic carbocycles. The Hall–Kier alpha value is -0.160. The highest BCUT2D eigenvalue weighted by Crippen LogP contribution is 2.46. The molecular formula is C20H45N3O+2. The molecule has 1 N–H and O–H groups in total. The Morgan fingerprint density at radius 2 is 1.17 bits per heavy atom. The summed E-state index contributed by atoms with van der Waals surface area (Å²) in [7, 11) is 11.6. The molecule has 4 nitrogen and oxygen atoms in total. The first kappa shape index (κ1) is 21.9. The number of hydroxylamine groups is 2. The second-order valence-electron chi connectivity index (χ2n) is 9.75. The largest absolute Gasteiger partial charge is 0.326 e. The predicted octanol–water partition coefficient (Wildman–Crippen LogP) is 3.74. The van der Waals surface area contributed by atoms with Crippen LogP contribution in [0.1, 0.15) is 66.2 Å². The van der Waals surface area contributed by atoms with E-state index >= 15 is 0 Å². The average Bonchev–Trinajstić information content (AvgIpc) is 2.53. The molecule has 0 aromatic rings. The Balaban J connectivity index is 3.15. The van der Waals surface area contributed by atoms with Crippen molar-refractivity contribution in [2.75, 3.05) is 48.3 Å². The maximum Gasteiger partial charge on any atom is 0.128 e. The van der Waals surface area contributed by atoms with Gasteiger partial charge in [-0.1, -0.05) is 27.7 Å². The summed E-state index contributed by atoms with van der Waals surface area (Å²) in [6.45, 7) is 11.4. The van der Waals surface area contributed by atoms with E-state index in [-0.39, 0.29) is 11.1 Å². The third kappa shape index (κ3) is 4.32. The minimum absolute atomic E-state index is 0.0684. The fourth-order valence-corrected chi connectivity index (χ4v) is 4.54. The van der Waals surface area contributed by atoms with Crippen LogP contribution in [0, 0.1) is 0 Å². The molecule has 1 aliphatic rings. The van der Waals surface area contributed by atoms with Gasteiger partial charge in [0.2, 0.25) is 0 Å². The summed E-state index contributed by atoms with van der Waals surface area (Å²) in [5.41, 5.74) is -0.137. The fourth-order valence-electron chi connectivity index (χ4n) is 4.54. The Kier molecular flexibility index (Phi) is 6.94. The maximum atomic E-state index is 11.2. The molecule has 0 unspecified atom stereocenters. The van der Waals surface area contributed by atoms with Crippen molar-refractivity contribution >= 4 is 0 Å². The lowest BCUT2D eigenvalue weighted by Crippen LogP contribution is -2.69. The van der Waals surface area contributed by atoms with Crippen LogP contribution in [0.25, 0.3) is 0 Å². The molecule has 1 fully saturated rings. The van der Waals surface area contributed by atoms with E-state index in [2.05, 4.69) is 62.9 Å². The molecule has 0 amide bonds. The fraction of sp³-hybridized carbons (Fsp3) is 1.00. The van der Waals surface area contributed by atoms with Gasteiger partial charge in [-0.25, -0.2) is 0 Å². The van der Waals surface area contributed by atoms with Crippen LogP contribution in [-0.2, 0) is 0 Å². The van der Waals surface area contributed by atoms with Crippen molar-refractivity contribution in [1.29, 1.82) is 0 Å². The molecule has 144 valence electrons. The van der Waals surface area contributed by atoms with Crippen molar-refractivity contribution in [1.82, 2.24) is 5.06 Å². The van der Waals surface area contributed by atoms with Gasteiger partial charge in [0.25, 0.3) is 0 Å². The van der Waals surface area contributed by atoms with Crippen molar-refractivity contribution in [3.05, 3.63) is 0 Å². The van der Waals surface area contributed by atoms with Crippen LogP contribution in [0.2, 0.25) is 0 Å². The smallest absolute Gasteiger partial charge is 0.128 e. The predicted molar refractivity (Wildman–Crippen MR) is 103 cm³/mol. The van der Waals surface area contributed by atoms with Crippen molar-refractivity contribution in [3.63, 3.8) is 0 Å². The molecule has 24 heavy (non-hydrogen) atoms. The lowest BCUT2D eigenvalue weighted by molar-refractivity contribution is -0.954. The van der Waals surface area contributed by atoms with E-state index in [4.69, 9.17) is 0 Å². The zero-order valence-electron chi connectivity index (χ0n) is 18.0. The normalized spacial score (nSPS) is 22.8. The molecule has 1 heterocycles. The van der Waals surface area contributed by atoms with Crippen LogP contribution < -0.4 is 0 Å². The van der Waals surface area contributed by atoms with Gasteiger partial charge in [0.05, 0.1) is 52.4 Å². The summed E-state index contributed by atoms with van der Waals surface area (Å²) in [5.74, 6) is 0. The van der Waals surface area contributed by atoms with Gasteiger partial charge in [-0.05, 0) is 25.7 Å². The van der Waals surface area contributed by atoms with E-state index < -0.39 is 0 Å². The first-order valence-electron chi connectivity index (χ1n) is 10.0.